The fraction of sp³-hybridized carbons (Fsp3) is 0.615. The Hall–Kier alpha value is -1.07. The minimum atomic E-state index is 0.440. The predicted octanol–water partition coefficient (Wildman–Crippen LogP) is 2.33. The molecule has 0 unspecified atom stereocenters. The van der Waals surface area contributed by atoms with Gasteiger partial charge >= 0.3 is 0 Å². The van der Waals surface area contributed by atoms with E-state index in [2.05, 4.69) is 27.8 Å². The highest BCUT2D eigenvalue weighted by atomic mass is 32.1. The second-order valence-electron chi connectivity index (χ2n) is 4.82. The van der Waals surface area contributed by atoms with Gasteiger partial charge in [-0.05, 0) is 24.3 Å². The molecule has 1 saturated carbocycles. The lowest BCUT2D eigenvalue weighted by atomic mass is 9.96. The van der Waals surface area contributed by atoms with E-state index in [1.54, 1.807) is 11.3 Å². The Morgan fingerprint density at radius 3 is 2.89 bits per heavy atom. The van der Waals surface area contributed by atoms with Crippen LogP contribution in [0.2, 0.25) is 0 Å². The second kappa shape index (κ2) is 6.75. The van der Waals surface area contributed by atoms with Crippen LogP contribution in [-0.4, -0.2) is 23.9 Å². The third-order valence-corrected chi connectivity index (χ3v) is 4.20. The van der Waals surface area contributed by atoms with E-state index in [0.29, 0.717) is 6.04 Å². The highest BCUT2D eigenvalue weighted by Crippen LogP contribution is 2.20. The van der Waals surface area contributed by atoms with E-state index in [9.17, 15) is 0 Å². The Labute approximate surface area is 113 Å². The zero-order valence-electron chi connectivity index (χ0n) is 10.9. The average Bonchev–Trinajstić information content (AvgIpc) is 2.90. The van der Waals surface area contributed by atoms with Crippen LogP contribution in [0.4, 0.5) is 0 Å². The van der Waals surface area contributed by atoms with Crippen LogP contribution < -0.4 is 11.3 Å². The first-order valence-corrected chi connectivity index (χ1v) is 7.45. The van der Waals surface area contributed by atoms with Crippen LogP contribution in [0.5, 0.6) is 0 Å². The van der Waals surface area contributed by atoms with Crippen molar-refractivity contribution in [1.82, 2.24) is 10.3 Å². The van der Waals surface area contributed by atoms with Crippen LogP contribution in [0.15, 0.2) is 22.5 Å². The molecule has 0 atom stereocenters. The third-order valence-electron chi connectivity index (χ3n) is 3.34. The molecule has 1 aromatic rings. The first-order chi connectivity index (χ1) is 8.79. The van der Waals surface area contributed by atoms with Gasteiger partial charge in [-0.15, -0.1) is 11.3 Å². The van der Waals surface area contributed by atoms with Gasteiger partial charge in [0.05, 0.1) is 12.6 Å². The van der Waals surface area contributed by atoms with Gasteiger partial charge in [-0.25, -0.2) is 10.8 Å². The summed E-state index contributed by atoms with van der Waals surface area (Å²) >= 11 is 1.76. The molecule has 18 heavy (non-hydrogen) atoms. The Bertz CT molecular complexity index is 368. The molecular formula is C13H22N4S. The number of thiophene rings is 1. The van der Waals surface area contributed by atoms with Crippen LogP contribution in [-0.2, 0) is 6.54 Å². The summed E-state index contributed by atoms with van der Waals surface area (Å²) in [5.41, 5.74) is 2.74. The molecule has 0 amide bonds. The molecule has 0 saturated heterocycles. The van der Waals surface area contributed by atoms with E-state index in [0.717, 1.165) is 12.5 Å². The Morgan fingerprint density at radius 2 is 2.28 bits per heavy atom. The molecule has 1 aromatic heterocycles. The number of nitrogens with one attached hydrogen (secondary N) is 1. The van der Waals surface area contributed by atoms with Crippen molar-refractivity contribution in [3.63, 3.8) is 0 Å². The zero-order valence-corrected chi connectivity index (χ0v) is 11.7. The molecule has 0 spiro atoms. The molecule has 1 aliphatic carbocycles. The van der Waals surface area contributed by atoms with Crippen molar-refractivity contribution in [2.45, 2.75) is 44.7 Å². The van der Waals surface area contributed by atoms with Crippen molar-refractivity contribution >= 4 is 17.3 Å². The number of hydrogen-bond donors (Lipinski definition) is 2. The predicted molar refractivity (Wildman–Crippen MR) is 77.4 cm³/mol. The SMILES string of the molecule is CN(Cc1cccs1)C(=NC1CCCCC1)NN. The molecule has 100 valence electrons. The van der Waals surface area contributed by atoms with Crippen LogP contribution in [0.3, 0.4) is 0 Å². The van der Waals surface area contributed by atoms with Gasteiger partial charge in [0.15, 0.2) is 0 Å². The maximum absolute atomic E-state index is 5.60. The number of aliphatic imine (C=N–C) groups is 1. The molecule has 0 radical (unpaired) electrons. The molecule has 1 aliphatic rings. The number of hydrogen-bond acceptors (Lipinski definition) is 3. The van der Waals surface area contributed by atoms with Crippen molar-refractivity contribution in [3.05, 3.63) is 22.4 Å². The van der Waals surface area contributed by atoms with Gasteiger partial charge < -0.3 is 4.90 Å². The molecule has 1 fully saturated rings. The van der Waals surface area contributed by atoms with Crippen LogP contribution in [0.1, 0.15) is 37.0 Å². The summed E-state index contributed by atoms with van der Waals surface area (Å²) in [6, 6.07) is 4.65. The normalized spacial score (nSPS) is 17.8. The molecule has 3 N–H and O–H groups in total. The van der Waals surface area contributed by atoms with Gasteiger partial charge in [0.25, 0.3) is 0 Å². The largest absolute Gasteiger partial charge is 0.340 e. The Balaban J connectivity index is 1.95. The highest BCUT2D eigenvalue weighted by Gasteiger charge is 2.14. The van der Waals surface area contributed by atoms with E-state index in [-0.39, 0.29) is 0 Å². The molecule has 0 aliphatic heterocycles. The van der Waals surface area contributed by atoms with E-state index < -0.39 is 0 Å². The van der Waals surface area contributed by atoms with Crippen molar-refractivity contribution in [2.24, 2.45) is 10.8 Å². The average molecular weight is 266 g/mol. The molecule has 0 aromatic carbocycles. The number of rotatable bonds is 3. The fourth-order valence-corrected chi connectivity index (χ4v) is 3.10. The summed E-state index contributed by atoms with van der Waals surface area (Å²) in [6.07, 6.45) is 6.32. The first kappa shape index (κ1) is 13.4. The maximum Gasteiger partial charge on any atom is 0.208 e. The maximum atomic E-state index is 5.60. The summed E-state index contributed by atoms with van der Waals surface area (Å²) in [7, 11) is 2.03. The van der Waals surface area contributed by atoms with Crippen molar-refractivity contribution in [1.29, 1.82) is 0 Å². The number of hydrazine groups is 1. The molecule has 1 heterocycles. The topological polar surface area (TPSA) is 53.6 Å². The van der Waals surface area contributed by atoms with Crippen LogP contribution >= 0.6 is 11.3 Å². The molecule has 2 rings (SSSR count). The minimum Gasteiger partial charge on any atom is -0.340 e. The van der Waals surface area contributed by atoms with Gasteiger partial charge in [0.1, 0.15) is 0 Å². The Kier molecular flexibility index (Phi) is 5.01. The van der Waals surface area contributed by atoms with Crippen molar-refractivity contribution in [2.75, 3.05) is 7.05 Å². The van der Waals surface area contributed by atoms with Crippen molar-refractivity contribution < 1.29 is 0 Å². The first-order valence-electron chi connectivity index (χ1n) is 6.57. The van der Waals surface area contributed by atoms with Gasteiger partial charge in [-0.1, -0.05) is 25.3 Å². The fourth-order valence-electron chi connectivity index (χ4n) is 2.34. The lowest BCUT2D eigenvalue weighted by molar-refractivity contribution is 0.424. The van der Waals surface area contributed by atoms with E-state index >= 15 is 0 Å². The van der Waals surface area contributed by atoms with E-state index in [1.165, 1.54) is 37.0 Å². The molecule has 0 bridgehead atoms. The van der Waals surface area contributed by atoms with E-state index in [4.69, 9.17) is 10.8 Å². The van der Waals surface area contributed by atoms with Crippen LogP contribution in [0.25, 0.3) is 0 Å². The standard InChI is InChI=1S/C13H22N4S/c1-17(10-12-8-5-9-18-12)13(16-14)15-11-6-3-2-4-7-11/h5,8-9,11H,2-4,6-7,10,14H2,1H3,(H,15,16). The lowest BCUT2D eigenvalue weighted by Crippen LogP contribution is -2.43. The summed E-state index contributed by atoms with van der Waals surface area (Å²) in [5.74, 6) is 6.40. The molecular weight excluding hydrogens is 244 g/mol. The second-order valence-corrected chi connectivity index (χ2v) is 5.86. The molecule has 4 nitrogen and oxygen atoms in total. The Morgan fingerprint density at radius 1 is 1.50 bits per heavy atom. The van der Waals surface area contributed by atoms with Crippen LogP contribution in [0, 0.1) is 0 Å². The number of guanidine groups is 1. The lowest BCUT2D eigenvalue weighted by Gasteiger charge is -2.24. The quantitative estimate of drug-likeness (QED) is 0.382. The van der Waals surface area contributed by atoms with E-state index in [1.807, 2.05) is 7.05 Å². The summed E-state index contributed by atoms with van der Waals surface area (Å²) < 4.78 is 0. The third kappa shape index (κ3) is 3.71. The minimum absolute atomic E-state index is 0.440. The van der Waals surface area contributed by atoms with Gasteiger partial charge in [-0.2, -0.15) is 0 Å². The monoisotopic (exact) mass is 266 g/mol. The smallest absolute Gasteiger partial charge is 0.208 e. The van der Waals surface area contributed by atoms with Gasteiger partial charge in [-0.3, -0.25) is 5.43 Å². The summed E-state index contributed by atoms with van der Waals surface area (Å²) in [4.78, 5) is 8.15. The summed E-state index contributed by atoms with van der Waals surface area (Å²) in [6.45, 7) is 0.855. The molecule has 5 heteroatoms. The van der Waals surface area contributed by atoms with Gasteiger partial charge in [0, 0.05) is 11.9 Å². The number of nitrogens with two attached hydrogens (primary N) is 1. The zero-order chi connectivity index (χ0) is 12.8. The van der Waals surface area contributed by atoms with Gasteiger partial charge in [0.2, 0.25) is 5.96 Å². The van der Waals surface area contributed by atoms with Crippen molar-refractivity contribution in [3.8, 4) is 0 Å². The summed E-state index contributed by atoms with van der Waals surface area (Å²) in [5, 5.41) is 2.09. The number of nitrogens with zero attached hydrogens (tertiary/aromatic N) is 2. The highest BCUT2D eigenvalue weighted by molar-refractivity contribution is 7.09.